The van der Waals surface area contributed by atoms with Crippen molar-refractivity contribution in [1.82, 2.24) is 9.97 Å². The van der Waals surface area contributed by atoms with E-state index in [-0.39, 0.29) is 5.69 Å². The lowest BCUT2D eigenvalue weighted by atomic mass is 10.1. The lowest BCUT2D eigenvalue weighted by Crippen LogP contribution is -2.14. The fraction of sp³-hybridized carbons (Fsp3) is 0.667. The zero-order valence-corrected chi connectivity index (χ0v) is 11.2. The van der Waals surface area contributed by atoms with E-state index < -0.39 is 4.92 Å². The Morgan fingerprint density at radius 1 is 1.53 bits per heavy atom. The Morgan fingerprint density at radius 2 is 2.32 bits per heavy atom. The van der Waals surface area contributed by atoms with Crippen molar-refractivity contribution in [3.63, 3.8) is 0 Å². The molecule has 0 aliphatic heterocycles. The Hall–Kier alpha value is -1.92. The lowest BCUT2D eigenvalue weighted by molar-refractivity contribution is -0.384. The average Bonchev–Trinajstić information content (AvgIpc) is 2.81. The maximum atomic E-state index is 10.9. The van der Waals surface area contributed by atoms with Gasteiger partial charge in [0.1, 0.15) is 6.20 Å². The second-order valence-corrected chi connectivity index (χ2v) is 5.10. The maximum Gasteiger partial charge on any atom is 0.329 e. The summed E-state index contributed by atoms with van der Waals surface area (Å²) in [4.78, 5) is 18.5. The van der Waals surface area contributed by atoms with E-state index in [2.05, 4.69) is 27.5 Å². The van der Waals surface area contributed by atoms with Gasteiger partial charge >= 0.3 is 5.69 Å². The topological polar surface area (TPSA) is 93.0 Å². The molecule has 104 valence electrons. The van der Waals surface area contributed by atoms with E-state index in [4.69, 9.17) is 0 Å². The second kappa shape index (κ2) is 5.81. The van der Waals surface area contributed by atoms with Gasteiger partial charge in [0.2, 0.25) is 11.8 Å². The summed E-state index contributed by atoms with van der Waals surface area (Å²) >= 11 is 0. The zero-order chi connectivity index (χ0) is 13.8. The molecule has 1 aromatic heterocycles. The predicted molar refractivity (Wildman–Crippen MR) is 73.2 cm³/mol. The van der Waals surface area contributed by atoms with Gasteiger partial charge in [-0.3, -0.25) is 10.1 Å². The van der Waals surface area contributed by atoms with Gasteiger partial charge in [-0.15, -0.1) is 0 Å². The standard InChI is InChI=1S/C12H19N5O2/c1-8-3-4-9(5-8)6-14-11-10(17(18)19)7-15-12(13-2)16-11/h7-9H,3-6H2,1-2H3,(H2,13,14,15,16). The summed E-state index contributed by atoms with van der Waals surface area (Å²) in [6.07, 6.45) is 4.81. The molecule has 2 atom stereocenters. The molecule has 1 fully saturated rings. The van der Waals surface area contributed by atoms with Crippen LogP contribution in [-0.4, -0.2) is 28.5 Å². The van der Waals surface area contributed by atoms with E-state index in [0.717, 1.165) is 12.5 Å². The molecule has 0 amide bonds. The summed E-state index contributed by atoms with van der Waals surface area (Å²) in [6, 6.07) is 0. The second-order valence-electron chi connectivity index (χ2n) is 5.10. The highest BCUT2D eigenvalue weighted by Crippen LogP contribution is 2.31. The molecule has 7 nitrogen and oxygen atoms in total. The first-order chi connectivity index (χ1) is 9.10. The molecule has 0 radical (unpaired) electrons. The van der Waals surface area contributed by atoms with Crippen LogP contribution in [0, 0.1) is 22.0 Å². The highest BCUT2D eigenvalue weighted by molar-refractivity contribution is 5.56. The van der Waals surface area contributed by atoms with Crippen molar-refractivity contribution in [2.24, 2.45) is 11.8 Å². The van der Waals surface area contributed by atoms with E-state index in [0.29, 0.717) is 17.7 Å². The number of anilines is 2. The fourth-order valence-electron chi connectivity index (χ4n) is 2.51. The van der Waals surface area contributed by atoms with Crippen LogP contribution in [0.4, 0.5) is 17.5 Å². The number of nitrogens with one attached hydrogen (secondary N) is 2. The minimum atomic E-state index is -0.459. The first kappa shape index (κ1) is 13.5. The molecule has 2 N–H and O–H groups in total. The van der Waals surface area contributed by atoms with Gasteiger partial charge in [0.25, 0.3) is 0 Å². The van der Waals surface area contributed by atoms with E-state index >= 15 is 0 Å². The molecule has 1 aromatic rings. The third-order valence-electron chi connectivity index (χ3n) is 3.55. The van der Waals surface area contributed by atoms with Crippen LogP contribution in [0.1, 0.15) is 26.2 Å². The van der Waals surface area contributed by atoms with Gasteiger partial charge < -0.3 is 10.6 Å². The molecule has 0 aromatic carbocycles. The largest absolute Gasteiger partial charge is 0.364 e. The highest BCUT2D eigenvalue weighted by atomic mass is 16.6. The van der Waals surface area contributed by atoms with Gasteiger partial charge in [0, 0.05) is 13.6 Å². The van der Waals surface area contributed by atoms with Crippen LogP contribution in [0.5, 0.6) is 0 Å². The Kier molecular flexibility index (Phi) is 4.13. The van der Waals surface area contributed by atoms with Gasteiger partial charge in [-0.1, -0.05) is 13.3 Å². The molecular formula is C12H19N5O2. The highest BCUT2D eigenvalue weighted by Gasteiger charge is 2.23. The van der Waals surface area contributed by atoms with Crippen molar-refractivity contribution in [2.45, 2.75) is 26.2 Å². The summed E-state index contributed by atoms with van der Waals surface area (Å²) in [6.45, 7) is 2.97. The van der Waals surface area contributed by atoms with E-state index in [1.54, 1.807) is 7.05 Å². The molecule has 7 heteroatoms. The number of nitrogens with zero attached hydrogens (tertiary/aromatic N) is 3. The molecule has 2 rings (SSSR count). The van der Waals surface area contributed by atoms with Gasteiger partial charge in [0.05, 0.1) is 4.92 Å². The molecule has 19 heavy (non-hydrogen) atoms. The van der Waals surface area contributed by atoms with Crippen LogP contribution in [0.2, 0.25) is 0 Å². The molecule has 0 spiro atoms. The van der Waals surface area contributed by atoms with Crippen LogP contribution in [-0.2, 0) is 0 Å². The predicted octanol–water partition coefficient (Wildman–Crippen LogP) is 2.27. The van der Waals surface area contributed by atoms with Gasteiger partial charge in [-0.2, -0.15) is 4.98 Å². The minimum Gasteiger partial charge on any atom is -0.364 e. The molecular weight excluding hydrogens is 246 g/mol. The van der Waals surface area contributed by atoms with E-state index in [9.17, 15) is 10.1 Å². The van der Waals surface area contributed by atoms with Crippen molar-refractivity contribution in [3.8, 4) is 0 Å². The number of hydrogen-bond donors (Lipinski definition) is 2. The van der Waals surface area contributed by atoms with Crippen molar-refractivity contribution >= 4 is 17.5 Å². The Balaban J connectivity index is 2.06. The number of hydrogen-bond acceptors (Lipinski definition) is 6. The molecule has 2 unspecified atom stereocenters. The van der Waals surface area contributed by atoms with Crippen molar-refractivity contribution in [2.75, 3.05) is 24.2 Å². The molecule has 1 heterocycles. The summed E-state index contributed by atoms with van der Waals surface area (Å²) in [7, 11) is 1.68. The van der Waals surface area contributed by atoms with Gasteiger partial charge in [-0.05, 0) is 24.7 Å². The monoisotopic (exact) mass is 265 g/mol. The Labute approximate surface area is 112 Å². The lowest BCUT2D eigenvalue weighted by Gasteiger charge is -2.12. The summed E-state index contributed by atoms with van der Waals surface area (Å²) in [5, 5.41) is 16.8. The fourth-order valence-corrected chi connectivity index (χ4v) is 2.51. The summed E-state index contributed by atoms with van der Waals surface area (Å²) < 4.78 is 0. The van der Waals surface area contributed by atoms with E-state index in [1.165, 1.54) is 25.5 Å². The molecule has 1 aliphatic rings. The summed E-state index contributed by atoms with van der Waals surface area (Å²) in [5.74, 6) is 2.00. The third kappa shape index (κ3) is 3.30. The number of nitro groups is 1. The minimum absolute atomic E-state index is 0.0787. The summed E-state index contributed by atoms with van der Waals surface area (Å²) in [5.41, 5.74) is -0.0787. The van der Waals surface area contributed by atoms with Crippen molar-refractivity contribution < 1.29 is 4.92 Å². The molecule has 1 saturated carbocycles. The average molecular weight is 265 g/mol. The van der Waals surface area contributed by atoms with Crippen molar-refractivity contribution in [3.05, 3.63) is 16.3 Å². The van der Waals surface area contributed by atoms with Crippen LogP contribution in [0.15, 0.2) is 6.20 Å². The Morgan fingerprint density at radius 3 is 2.89 bits per heavy atom. The molecule has 0 saturated heterocycles. The van der Waals surface area contributed by atoms with Crippen LogP contribution in [0.3, 0.4) is 0 Å². The maximum absolute atomic E-state index is 10.9. The molecule has 0 bridgehead atoms. The first-order valence-corrected chi connectivity index (χ1v) is 6.53. The Bertz CT molecular complexity index is 465. The third-order valence-corrected chi connectivity index (χ3v) is 3.55. The number of rotatable bonds is 5. The van der Waals surface area contributed by atoms with Crippen LogP contribution < -0.4 is 10.6 Å². The van der Waals surface area contributed by atoms with Crippen LogP contribution in [0.25, 0.3) is 0 Å². The normalized spacial score (nSPS) is 22.2. The number of aromatic nitrogens is 2. The first-order valence-electron chi connectivity index (χ1n) is 6.53. The molecule has 1 aliphatic carbocycles. The quantitative estimate of drug-likeness (QED) is 0.626. The zero-order valence-electron chi connectivity index (χ0n) is 11.2. The van der Waals surface area contributed by atoms with Crippen LogP contribution >= 0.6 is 0 Å². The van der Waals surface area contributed by atoms with Gasteiger partial charge in [0.15, 0.2) is 0 Å². The smallest absolute Gasteiger partial charge is 0.329 e. The SMILES string of the molecule is CNc1ncc([N+](=O)[O-])c(NCC2CCC(C)C2)n1. The van der Waals surface area contributed by atoms with Gasteiger partial charge in [-0.25, -0.2) is 4.98 Å². The van der Waals surface area contributed by atoms with Crippen molar-refractivity contribution in [1.29, 1.82) is 0 Å². The van der Waals surface area contributed by atoms with E-state index in [1.807, 2.05) is 0 Å².